The van der Waals surface area contributed by atoms with Gasteiger partial charge in [0, 0.05) is 28.3 Å². The number of benzene rings is 2. The maximum absolute atomic E-state index is 12.8. The van der Waals surface area contributed by atoms with E-state index in [1.165, 1.54) is 30.6 Å². The second-order valence-corrected chi connectivity index (χ2v) is 8.69. The van der Waals surface area contributed by atoms with Crippen LogP contribution in [-0.4, -0.2) is 27.2 Å². The highest BCUT2D eigenvalue weighted by Crippen LogP contribution is 2.35. The van der Waals surface area contributed by atoms with Crippen molar-refractivity contribution in [2.24, 2.45) is 0 Å². The number of ketones is 1. The van der Waals surface area contributed by atoms with Gasteiger partial charge in [-0.15, -0.1) is 11.3 Å². The Kier molecular flexibility index (Phi) is 5.63. The van der Waals surface area contributed by atoms with Gasteiger partial charge in [-0.1, -0.05) is 12.1 Å². The number of aryl methyl sites for hydroxylation is 3. The summed E-state index contributed by atoms with van der Waals surface area (Å²) >= 11 is 1.51. The summed E-state index contributed by atoms with van der Waals surface area (Å²) in [5.41, 5.74) is 4.46. The van der Waals surface area contributed by atoms with E-state index in [0.717, 1.165) is 21.0 Å². The Hall–Kier alpha value is -3.78. The number of methoxy groups -OCH3 is 1. The normalized spacial score (nSPS) is 11.4. The Morgan fingerprint density at radius 2 is 1.94 bits per heavy atom. The lowest BCUT2D eigenvalue weighted by Crippen LogP contribution is -1.97. The second kappa shape index (κ2) is 8.39. The van der Waals surface area contributed by atoms with Crippen LogP contribution >= 0.6 is 11.3 Å². The number of rotatable bonds is 6. The molecular weight excluding hydrogens is 426 g/mol. The minimum atomic E-state index is -0.482. The largest absolute Gasteiger partial charge is 0.490 e. The highest BCUT2D eigenvalue weighted by Gasteiger charge is 2.20. The molecule has 0 atom stereocenters. The lowest BCUT2D eigenvalue weighted by atomic mass is 10.0. The molecule has 32 heavy (non-hydrogen) atoms. The molecule has 0 unspecified atom stereocenters. The van der Waals surface area contributed by atoms with Gasteiger partial charge in [0.25, 0.3) is 0 Å². The third-order valence-corrected chi connectivity index (χ3v) is 6.21. The lowest BCUT2D eigenvalue weighted by molar-refractivity contribution is -0.385. The SMILES string of the molecule is COc1ccc(-c2nc3sc(C)cn3c2C=CC(=O)c2ccc(C)c(C)c2)cc1[N+](=O)[O-]. The quantitative estimate of drug-likeness (QED) is 0.161. The van der Waals surface area contributed by atoms with Crippen LogP contribution < -0.4 is 4.74 Å². The van der Waals surface area contributed by atoms with Crippen LogP contribution in [0.5, 0.6) is 5.75 Å². The van der Waals surface area contributed by atoms with Crippen molar-refractivity contribution in [2.45, 2.75) is 20.8 Å². The Balaban J connectivity index is 1.81. The van der Waals surface area contributed by atoms with Crippen molar-refractivity contribution < 1.29 is 14.5 Å². The molecule has 0 radical (unpaired) electrons. The van der Waals surface area contributed by atoms with Crippen molar-refractivity contribution in [3.63, 3.8) is 0 Å². The molecular formula is C24H21N3O4S. The van der Waals surface area contributed by atoms with E-state index in [1.54, 1.807) is 18.2 Å². The number of carbonyl (C=O) groups is 1. The minimum absolute atomic E-state index is 0.123. The Bertz CT molecular complexity index is 1400. The summed E-state index contributed by atoms with van der Waals surface area (Å²) in [5, 5.41) is 11.5. The van der Waals surface area contributed by atoms with Crippen LogP contribution in [0.25, 0.3) is 22.3 Å². The summed E-state index contributed by atoms with van der Waals surface area (Å²) in [7, 11) is 1.39. The van der Waals surface area contributed by atoms with Gasteiger partial charge in [-0.3, -0.25) is 19.3 Å². The van der Waals surface area contributed by atoms with Gasteiger partial charge in [-0.2, -0.15) is 0 Å². The Labute approximate surface area is 188 Å². The van der Waals surface area contributed by atoms with Gasteiger partial charge in [0.15, 0.2) is 16.5 Å². The van der Waals surface area contributed by atoms with E-state index in [1.807, 2.05) is 49.6 Å². The molecule has 0 saturated heterocycles. The zero-order chi connectivity index (χ0) is 23.0. The average Bonchev–Trinajstić information content (AvgIpc) is 3.29. The maximum atomic E-state index is 12.8. The van der Waals surface area contributed by atoms with Gasteiger partial charge in [-0.05, 0) is 62.2 Å². The molecule has 4 aromatic rings. The molecule has 0 aliphatic heterocycles. The van der Waals surface area contributed by atoms with E-state index in [9.17, 15) is 14.9 Å². The van der Waals surface area contributed by atoms with Crippen LogP contribution in [0.2, 0.25) is 0 Å². The maximum Gasteiger partial charge on any atom is 0.311 e. The predicted molar refractivity (Wildman–Crippen MR) is 126 cm³/mol. The fourth-order valence-corrected chi connectivity index (χ4v) is 4.30. The van der Waals surface area contributed by atoms with Crippen molar-refractivity contribution in [1.82, 2.24) is 9.38 Å². The summed E-state index contributed by atoms with van der Waals surface area (Å²) in [6.07, 6.45) is 5.17. The van der Waals surface area contributed by atoms with Gasteiger partial charge in [0.05, 0.1) is 23.4 Å². The van der Waals surface area contributed by atoms with Crippen LogP contribution in [0, 0.1) is 30.9 Å². The highest BCUT2D eigenvalue weighted by molar-refractivity contribution is 7.17. The van der Waals surface area contributed by atoms with E-state index in [-0.39, 0.29) is 17.2 Å². The first kappa shape index (κ1) is 21.5. The molecule has 4 rings (SSSR count). The van der Waals surface area contributed by atoms with Crippen LogP contribution in [-0.2, 0) is 0 Å². The third kappa shape index (κ3) is 3.92. The fraction of sp³-hybridized carbons (Fsp3) is 0.167. The molecule has 0 bridgehead atoms. The number of aromatic nitrogens is 2. The molecule has 0 amide bonds. The number of hydrogen-bond donors (Lipinski definition) is 0. The molecule has 0 fully saturated rings. The molecule has 0 N–H and O–H groups in total. The van der Waals surface area contributed by atoms with E-state index >= 15 is 0 Å². The van der Waals surface area contributed by atoms with E-state index < -0.39 is 4.92 Å². The fourth-order valence-electron chi connectivity index (χ4n) is 3.47. The third-order valence-electron chi connectivity index (χ3n) is 5.31. The number of hydrogen-bond acceptors (Lipinski definition) is 6. The molecule has 2 aromatic heterocycles. The van der Waals surface area contributed by atoms with Gasteiger partial charge in [0.2, 0.25) is 0 Å². The lowest BCUT2D eigenvalue weighted by Gasteiger charge is -2.05. The summed E-state index contributed by atoms with van der Waals surface area (Å²) in [6.45, 7) is 5.95. The van der Waals surface area contributed by atoms with Gasteiger partial charge in [0.1, 0.15) is 0 Å². The first-order valence-electron chi connectivity index (χ1n) is 9.89. The van der Waals surface area contributed by atoms with Crippen molar-refractivity contribution >= 4 is 33.8 Å². The predicted octanol–water partition coefficient (Wildman–Crippen LogP) is 5.80. The molecule has 0 aliphatic rings. The smallest absolute Gasteiger partial charge is 0.311 e. The molecule has 2 heterocycles. The first-order valence-corrected chi connectivity index (χ1v) is 10.7. The highest BCUT2D eigenvalue weighted by atomic mass is 32.1. The molecule has 7 nitrogen and oxygen atoms in total. The summed E-state index contributed by atoms with van der Waals surface area (Å²) in [6, 6.07) is 10.3. The number of nitrogens with zero attached hydrogens (tertiary/aromatic N) is 3. The Morgan fingerprint density at radius 3 is 2.62 bits per heavy atom. The summed E-state index contributed by atoms with van der Waals surface area (Å²) in [5.74, 6) is 0.0549. The first-order chi connectivity index (χ1) is 15.3. The number of imidazole rings is 1. The minimum Gasteiger partial charge on any atom is -0.490 e. The summed E-state index contributed by atoms with van der Waals surface area (Å²) < 4.78 is 7.01. The van der Waals surface area contributed by atoms with Crippen molar-refractivity contribution in [2.75, 3.05) is 7.11 Å². The second-order valence-electron chi connectivity index (χ2n) is 7.48. The molecule has 0 aliphatic carbocycles. The number of carbonyl (C=O) groups excluding carboxylic acids is 1. The molecule has 8 heteroatoms. The van der Waals surface area contributed by atoms with Crippen LogP contribution in [0.15, 0.2) is 48.7 Å². The number of allylic oxidation sites excluding steroid dienone is 1. The van der Waals surface area contributed by atoms with E-state index in [0.29, 0.717) is 22.5 Å². The molecule has 2 aromatic carbocycles. The van der Waals surface area contributed by atoms with Gasteiger partial charge >= 0.3 is 5.69 Å². The van der Waals surface area contributed by atoms with E-state index in [2.05, 4.69) is 0 Å². The number of nitro groups is 1. The number of fused-ring (bicyclic) bond motifs is 1. The standard InChI is InChI=1S/C24H21N3O4S/c1-14-5-6-17(11-15(14)2)21(28)9-8-19-23(25-24-26(19)13-16(3)32-24)18-7-10-22(31-4)20(12-18)27(29)30/h5-13H,1-4H3. The van der Waals surface area contributed by atoms with Crippen LogP contribution in [0.3, 0.4) is 0 Å². The van der Waals surface area contributed by atoms with E-state index in [4.69, 9.17) is 9.72 Å². The molecule has 0 saturated carbocycles. The zero-order valence-corrected chi connectivity index (χ0v) is 18.9. The average molecular weight is 448 g/mol. The monoisotopic (exact) mass is 447 g/mol. The van der Waals surface area contributed by atoms with Crippen molar-refractivity contribution in [3.05, 3.63) is 86.0 Å². The number of ether oxygens (including phenoxy) is 1. The molecule has 162 valence electrons. The number of thiazole rings is 1. The topological polar surface area (TPSA) is 86.7 Å². The zero-order valence-electron chi connectivity index (χ0n) is 18.1. The van der Waals surface area contributed by atoms with Crippen molar-refractivity contribution in [1.29, 1.82) is 0 Å². The summed E-state index contributed by atoms with van der Waals surface area (Å²) in [4.78, 5) is 30.3. The number of nitro benzene ring substituents is 1. The molecule has 0 spiro atoms. The van der Waals surface area contributed by atoms with Gasteiger partial charge < -0.3 is 4.74 Å². The van der Waals surface area contributed by atoms with Gasteiger partial charge in [-0.25, -0.2) is 4.98 Å². The van der Waals surface area contributed by atoms with Crippen LogP contribution in [0.1, 0.15) is 32.1 Å². The Morgan fingerprint density at radius 1 is 1.16 bits per heavy atom. The van der Waals surface area contributed by atoms with Crippen LogP contribution in [0.4, 0.5) is 5.69 Å². The van der Waals surface area contributed by atoms with Crippen molar-refractivity contribution in [3.8, 4) is 17.0 Å².